The fourth-order valence-corrected chi connectivity index (χ4v) is 3.38. The fourth-order valence-electron chi connectivity index (χ4n) is 3.38. The summed E-state index contributed by atoms with van der Waals surface area (Å²) in [5.74, 6) is 0.657. The van der Waals surface area contributed by atoms with Gasteiger partial charge in [-0.3, -0.25) is 4.79 Å². The average molecular weight is 343 g/mol. The van der Waals surface area contributed by atoms with Crippen LogP contribution in [0.1, 0.15) is 28.4 Å². The van der Waals surface area contributed by atoms with E-state index in [1.807, 2.05) is 0 Å². The number of halogens is 1. The average Bonchev–Trinajstić information content (AvgIpc) is 3.03. The molecule has 0 spiro atoms. The van der Waals surface area contributed by atoms with Gasteiger partial charge in [-0.15, -0.1) is 0 Å². The highest BCUT2D eigenvalue weighted by Crippen LogP contribution is 2.36. The first kappa shape index (κ1) is 15.9. The number of fused-ring (bicyclic) bond motifs is 1. The number of rotatable bonds is 2. The largest absolute Gasteiger partial charge is 0.486 e. The molecule has 2 unspecified atom stereocenters. The molecule has 0 radical (unpaired) electrons. The van der Waals surface area contributed by atoms with Gasteiger partial charge in [0.15, 0.2) is 11.5 Å². The summed E-state index contributed by atoms with van der Waals surface area (Å²) in [6, 6.07) is 10.9. The number of amides is 1. The van der Waals surface area contributed by atoms with Gasteiger partial charge in [0.25, 0.3) is 5.91 Å². The smallest absolute Gasteiger partial charge is 0.254 e. The molecule has 0 aromatic heterocycles. The summed E-state index contributed by atoms with van der Waals surface area (Å²) >= 11 is 0. The van der Waals surface area contributed by atoms with Gasteiger partial charge in [-0.1, -0.05) is 12.1 Å². The molecule has 2 aromatic rings. The third-order valence-corrected chi connectivity index (χ3v) is 4.58. The van der Waals surface area contributed by atoms with Gasteiger partial charge in [0.1, 0.15) is 19.0 Å². The van der Waals surface area contributed by atoms with Crippen molar-refractivity contribution in [1.29, 1.82) is 0 Å². The van der Waals surface area contributed by atoms with Crippen molar-refractivity contribution in [3.63, 3.8) is 0 Å². The Kier molecular flexibility index (Phi) is 4.05. The highest BCUT2D eigenvalue weighted by Gasteiger charge is 2.36. The van der Waals surface area contributed by atoms with Crippen molar-refractivity contribution in [3.8, 4) is 11.5 Å². The van der Waals surface area contributed by atoms with E-state index in [1.54, 1.807) is 35.2 Å². The van der Waals surface area contributed by atoms with Gasteiger partial charge in [0.05, 0.1) is 12.1 Å². The van der Waals surface area contributed by atoms with Crippen LogP contribution in [0.5, 0.6) is 11.5 Å². The lowest BCUT2D eigenvalue weighted by Gasteiger charge is -2.26. The normalized spacial score (nSPS) is 22.1. The van der Waals surface area contributed by atoms with Crippen molar-refractivity contribution in [1.82, 2.24) is 4.90 Å². The first-order chi connectivity index (χ1) is 12.1. The number of ether oxygens (including phenoxy) is 2. The molecule has 130 valence electrons. The van der Waals surface area contributed by atoms with Crippen LogP contribution in [0.15, 0.2) is 42.5 Å². The highest BCUT2D eigenvalue weighted by molar-refractivity contribution is 5.95. The van der Waals surface area contributed by atoms with E-state index < -0.39 is 6.10 Å². The molecule has 1 saturated heterocycles. The van der Waals surface area contributed by atoms with Crippen LogP contribution < -0.4 is 9.47 Å². The lowest BCUT2D eigenvalue weighted by Crippen LogP contribution is -2.32. The third-order valence-electron chi connectivity index (χ3n) is 4.58. The summed E-state index contributed by atoms with van der Waals surface area (Å²) < 4.78 is 24.2. The van der Waals surface area contributed by atoms with Crippen molar-refractivity contribution in [2.75, 3.05) is 19.8 Å². The van der Waals surface area contributed by atoms with Crippen LogP contribution in [-0.4, -0.2) is 41.8 Å². The monoisotopic (exact) mass is 343 g/mol. The van der Waals surface area contributed by atoms with Crippen LogP contribution in [0.4, 0.5) is 4.39 Å². The topological polar surface area (TPSA) is 59.0 Å². The zero-order chi connectivity index (χ0) is 17.4. The summed E-state index contributed by atoms with van der Waals surface area (Å²) in [6.07, 6.45) is -0.168. The van der Waals surface area contributed by atoms with E-state index in [-0.39, 0.29) is 24.3 Å². The molecule has 6 heteroatoms. The Hall–Kier alpha value is -2.60. The number of hydrogen-bond acceptors (Lipinski definition) is 4. The first-order valence-corrected chi connectivity index (χ1v) is 8.26. The van der Waals surface area contributed by atoms with Gasteiger partial charge in [0, 0.05) is 12.1 Å². The Labute approximate surface area is 144 Å². The van der Waals surface area contributed by atoms with Gasteiger partial charge in [-0.05, 0) is 42.3 Å². The minimum absolute atomic E-state index is 0.192. The van der Waals surface area contributed by atoms with E-state index in [9.17, 15) is 14.3 Å². The highest BCUT2D eigenvalue weighted by atomic mass is 19.1. The second-order valence-electron chi connectivity index (χ2n) is 6.27. The molecule has 5 nitrogen and oxygen atoms in total. The number of carbonyl (C=O) groups is 1. The van der Waals surface area contributed by atoms with E-state index in [0.29, 0.717) is 36.7 Å². The number of benzene rings is 2. The van der Waals surface area contributed by atoms with Crippen molar-refractivity contribution in [3.05, 3.63) is 59.4 Å². The Bertz CT molecular complexity index is 793. The van der Waals surface area contributed by atoms with Crippen molar-refractivity contribution < 1.29 is 23.8 Å². The lowest BCUT2D eigenvalue weighted by molar-refractivity contribution is 0.0714. The van der Waals surface area contributed by atoms with Gasteiger partial charge >= 0.3 is 0 Å². The van der Waals surface area contributed by atoms with Crippen molar-refractivity contribution in [2.24, 2.45) is 0 Å². The number of likely N-dealkylation sites (tertiary alicyclic amines) is 1. The standard InChI is InChI=1S/C19H18FNO4/c20-14-4-1-12(2-5-14)16-10-15(22)11-21(16)19(23)13-3-6-17-18(9-13)25-8-7-24-17/h1-6,9,15-16,22H,7-8,10-11H2. The number of aliphatic hydroxyl groups is 1. The summed E-state index contributed by atoms with van der Waals surface area (Å²) in [7, 11) is 0. The summed E-state index contributed by atoms with van der Waals surface area (Å²) in [5, 5.41) is 10.1. The van der Waals surface area contributed by atoms with Gasteiger partial charge in [-0.25, -0.2) is 4.39 Å². The third kappa shape index (κ3) is 3.05. The predicted molar refractivity (Wildman–Crippen MR) is 88.2 cm³/mol. The second kappa shape index (κ2) is 6.37. The Morgan fingerprint density at radius 1 is 1.08 bits per heavy atom. The molecule has 1 N–H and O–H groups in total. The minimum atomic E-state index is -0.601. The Morgan fingerprint density at radius 3 is 2.56 bits per heavy atom. The number of hydrogen-bond donors (Lipinski definition) is 1. The van der Waals surface area contributed by atoms with Gasteiger partial charge < -0.3 is 19.5 Å². The predicted octanol–water partition coefficient (Wildman–Crippen LogP) is 2.55. The molecule has 0 aliphatic carbocycles. The quantitative estimate of drug-likeness (QED) is 0.910. The molecular formula is C19H18FNO4. The van der Waals surface area contributed by atoms with E-state index in [2.05, 4.69) is 0 Å². The zero-order valence-electron chi connectivity index (χ0n) is 13.5. The first-order valence-electron chi connectivity index (χ1n) is 8.26. The Morgan fingerprint density at radius 2 is 1.80 bits per heavy atom. The molecule has 2 aliphatic heterocycles. The van der Waals surface area contributed by atoms with E-state index >= 15 is 0 Å². The molecule has 2 atom stereocenters. The fraction of sp³-hybridized carbons (Fsp3) is 0.316. The van der Waals surface area contributed by atoms with Gasteiger partial charge in [-0.2, -0.15) is 0 Å². The maximum absolute atomic E-state index is 13.2. The van der Waals surface area contributed by atoms with Gasteiger partial charge in [0.2, 0.25) is 0 Å². The van der Waals surface area contributed by atoms with Crippen LogP contribution in [0, 0.1) is 5.82 Å². The molecule has 0 bridgehead atoms. The molecule has 2 aliphatic rings. The summed E-state index contributed by atoms with van der Waals surface area (Å²) in [4.78, 5) is 14.6. The van der Waals surface area contributed by atoms with Crippen LogP contribution in [0.25, 0.3) is 0 Å². The van der Waals surface area contributed by atoms with Crippen LogP contribution >= 0.6 is 0 Å². The molecule has 2 heterocycles. The number of carbonyl (C=O) groups excluding carboxylic acids is 1. The van der Waals surface area contributed by atoms with Crippen LogP contribution in [-0.2, 0) is 0 Å². The number of β-amino-alcohol motifs (C(OH)–C–C–N with tert-alkyl or cyclic N) is 1. The van der Waals surface area contributed by atoms with Crippen molar-refractivity contribution in [2.45, 2.75) is 18.6 Å². The molecule has 4 rings (SSSR count). The van der Waals surface area contributed by atoms with Crippen LogP contribution in [0.3, 0.4) is 0 Å². The maximum Gasteiger partial charge on any atom is 0.254 e. The maximum atomic E-state index is 13.2. The van der Waals surface area contributed by atoms with Crippen molar-refractivity contribution >= 4 is 5.91 Å². The molecule has 2 aromatic carbocycles. The molecule has 25 heavy (non-hydrogen) atoms. The molecule has 0 saturated carbocycles. The summed E-state index contributed by atoms with van der Waals surface area (Å²) in [6.45, 7) is 1.19. The SMILES string of the molecule is O=C(c1ccc2c(c1)OCCO2)N1CC(O)CC1c1ccc(F)cc1. The van der Waals surface area contributed by atoms with E-state index in [1.165, 1.54) is 12.1 Å². The van der Waals surface area contributed by atoms with Crippen LogP contribution in [0.2, 0.25) is 0 Å². The number of nitrogens with zero attached hydrogens (tertiary/aromatic N) is 1. The minimum Gasteiger partial charge on any atom is -0.486 e. The number of aliphatic hydroxyl groups excluding tert-OH is 1. The molecular weight excluding hydrogens is 325 g/mol. The lowest BCUT2D eigenvalue weighted by atomic mass is 10.0. The Balaban J connectivity index is 1.62. The zero-order valence-corrected chi connectivity index (χ0v) is 13.5. The molecule has 1 fully saturated rings. The molecule has 1 amide bonds. The van der Waals surface area contributed by atoms with E-state index in [4.69, 9.17) is 9.47 Å². The second-order valence-corrected chi connectivity index (χ2v) is 6.27. The van der Waals surface area contributed by atoms with E-state index in [0.717, 1.165) is 5.56 Å². The summed E-state index contributed by atoms with van der Waals surface area (Å²) in [5.41, 5.74) is 1.29.